The Morgan fingerprint density at radius 3 is 2.40 bits per heavy atom. The maximum Gasteiger partial charge on any atom is 0.241 e. The Kier molecular flexibility index (Phi) is 4.99. The van der Waals surface area contributed by atoms with Crippen molar-refractivity contribution >= 4 is 41.9 Å². The highest BCUT2D eigenvalue weighted by Gasteiger charge is 2.30. The van der Waals surface area contributed by atoms with Crippen LogP contribution in [0.2, 0.25) is 0 Å². The van der Waals surface area contributed by atoms with Crippen LogP contribution in [-0.2, 0) is 10.0 Å². The lowest BCUT2D eigenvalue weighted by atomic mass is 9.76. The maximum absolute atomic E-state index is 12.5. The van der Waals surface area contributed by atoms with Crippen molar-refractivity contribution in [2.45, 2.75) is 50.5 Å². The monoisotopic (exact) mass is 423 g/mol. The zero-order valence-corrected chi connectivity index (χ0v) is 15.6. The molecule has 112 valence electrons. The van der Waals surface area contributed by atoms with E-state index in [2.05, 4.69) is 50.4 Å². The van der Waals surface area contributed by atoms with Gasteiger partial charge in [0.2, 0.25) is 10.0 Å². The van der Waals surface area contributed by atoms with Gasteiger partial charge < -0.3 is 0 Å². The van der Waals surface area contributed by atoms with Crippen molar-refractivity contribution in [3.63, 3.8) is 0 Å². The van der Waals surface area contributed by atoms with Crippen LogP contribution >= 0.6 is 31.9 Å². The van der Waals surface area contributed by atoms with Crippen LogP contribution in [0.25, 0.3) is 0 Å². The Hall–Kier alpha value is 0.0900. The number of halogens is 2. The molecule has 0 atom stereocenters. The summed E-state index contributed by atoms with van der Waals surface area (Å²) in [6.45, 7) is 4.48. The summed E-state index contributed by atoms with van der Waals surface area (Å²) < 4.78 is 29.1. The Bertz CT molecular complexity index is 589. The third kappa shape index (κ3) is 4.06. The van der Waals surface area contributed by atoms with Gasteiger partial charge in [0.05, 0.1) is 4.90 Å². The molecule has 6 heteroatoms. The molecule has 0 unspecified atom stereocenters. The first-order valence-corrected chi connectivity index (χ1v) is 9.74. The second-order valence-corrected chi connectivity index (χ2v) is 9.59. The average molecular weight is 425 g/mol. The third-order valence-corrected chi connectivity index (χ3v) is 6.85. The molecule has 0 saturated heterocycles. The Morgan fingerprint density at radius 2 is 1.80 bits per heavy atom. The van der Waals surface area contributed by atoms with E-state index in [0.29, 0.717) is 9.89 Å². The highest BCUT2D eigenvalue weighted by atomic mass is 79.9. The predicted octanol–water partition coefficient (Wildman–Crippen LogP) is 4.46. The SMILES string of the molecule is CC1(C)CCC(NS(=O)(=O)c2cc(Br)ccc2Br)CC1. The van der Waals surface area contributed by atoms with Gasteiger partial charge in [0.25, 0.3) is 0 Å². The molecule has 0 bridgehead atoms. The standard InChI is InChI=1S/C14H19Br2NO2S/c1-14(2)7-5-11(6-8-14)17-20(18,19)13-9-10(15)3-4-12(13)16/h3-4,9,11,17H,5-8H2,1-2H3. The largest absolute Gasteiger partial charge is 0.241 e. The zero-order chi connectivity index (χ0) is 15.0. The minimum atomic E-state index is -3.48. The molecule has 0 heterocycles. The van der Waals surface area contributed by atoms with Crippen molar-refractivity contribution in [1.29, 1.82) is 0 Å². The summed E-state index contributed by atoms with van der Waals surface area (Å²) in [5, 5.41) is 0. The van der Waals surface area contributed by atoms with Crippen LogP contribution in [0.5, 0.6) is 0 Å². The Morgan fingerprint density at radius 1 is 1.20 bits per heavy atom. The van der Waals surface area contributed by atoms with E-state index in [0.717, 1.165) is 30.2 Å². The molecule has 0 radical (unpaired) electrons. The average Bonchev–Trinajstić information content (AvgIpc) is 2.35. The molecule has 2 rings (SSSR count). The van der Waals surface area contributed by atoms with Gasteiger partial charge in [0.1, 0.15) is 0 Å². The lowest BCUT2D eigenvalue weighted by Crippen LogP contribution is -2.39. The van der Waals surface area contributed by atoms with Gasteiger partial charge in [0.15, 0.2) is 0 Å². The van der Waals surface area contributed by atoms with Gasteiger partial charge in [-0.2, -0.15) is 0 Å². The molecule has 1 aliphatic rings. The number of hydrogen-bond donors (Lipinski definition) is 1. The summed E-state index contributed by atoms with van der Waals surface area (Å²) in [5.74, 6) is 0. The van der Waals surface area contributed by atoms with Crippen molar-refractivity contribution < 1.29 is 8.42 Å². The van der Waals surface area contributed by atoms with Crippen LogP contribution in [-0.4, -0.2) is 14.5 Å². The zero-order valence-electron chi connectivity index (χ0n) is 11.6. The quantitative estimate of drug-likeness (QED) is 0.778. The molecular weight excluding hydrogens is 406 g/mol. The summed E-state index contributed by atoms with van der Waals surface area (Å²) >= 11 is 6.62. The van der Waals surface area contributed by atoms with Gasteiger partial charge in [-0.15, -0.1) is 0 Å². The van der Waals surface area contributed by atoms with Gasteiger partial charge in [-0.05, 0) is 65.2 Å². The van der Waals surface area contributed by atoms with Crippen LogP contribution in [0, 0.1) is 5.41 Å². The first-order chi connectivity index (χ1) is 9.20. The summed E-state index contributed by atoms with van der Waals surface area (Å²) in [6, 6.07) is 5.22. The van der Waals surface area contributed by atoms with E-state index >= 15 is 0 Å². The van der Waals surface area contributed by atoms with Crippen molar-refractivity contribution in [2.75, 3.05) is 0 Å². The molecule has 20 heavy (non-hydrogen) atoms. The van der Waals surface area contributed by atoms with E-state index in [-0.39, 0.29) is 10.9 Å². The van der Waals surface area contributed by atoms with E-state index in [1.54, 1.807) is 12.1 Å². The number of hydrogen-bond acceptors (Lipinski definition) is 2. The molecule has 0 aromatic heterocycles. The molecule has 1 saturated carbocycles. The Balaban J connectivity index is 2.14. The molecule has 1 N–H and O–H groups in total. The first-order valence-electron chi connectivity index (χ1n) is 6.67. The second-order valence-electron chi connectivity index (χ2n) is 6.13. The van der Waals surface area contributed by atoms with Crippen molar-refractivity contribution in [3.05, 3.63) is 27.1 Å². The molecule has 0 aliphatic heterocycles. The van der Waals surface area contributed by atoms with Gasteiger partial charge in [-0.25, -0.2) is 13.1 Å². The summed E-state index contributed by atoms with van der Waals surface area (Å²) in [7, 11) is -3.48. The molecule has 1 aromatic carbocycles. The van der Waals surface area contributed by atoms with Crippen LogP contribution in [0.1, 0.15) is 39.5 Å². The topological polar surface area (TPSA) is 46.2 Å². The van der Waals surface area contributed by atoms with Crippen molar-refractivity contribution in [3.8, 4) is 0 Å². The molecule has 1 aliphatic carbocycles. The van der Waals surface area contributed by atoms with E-state index in [1.807, 2.05) is 6.07 Å². The predicted molar refractivity (Wildman–Crippen MR) is 88.2 cm³/mol. The number of sulfonamides is 1. The molecule has 1 aromatic rings. The van der Waals surface area contributed by atoms with Gasteiger partial charge in [-0.1, -0.05) is 29.8 Å². The molecule has 1 fully saturated rings. The first kappa shape index (κ1) is 16.5. The summed E-state index contributed by atoms with van der Waals surface area (Å²) in [4.78, 5) is 0.289. The molecule has 0 amide bonds. The van der Waals surface area contributed by atoms with Crippen LogP contribution in [0.15, 0.2) is 32.0 Å². The number of benzene rings is 1. The minimum absolute atomic E-state index is 0.0407. The smallest absolute Gasteiger partial charge is 0.208 e. The molecular formula is C14H19Br2NO2S. The fourth-order valence-corrected chi connectivity index (χ4v) is 5.29. The molecule has 3 nitrogen and oxygen atoms in total. The van der Waals surface area contributed by atoms with E-state index in [9.17, 15) is 8.42 Å². The summed E-state index contributed by atoms with van der Waals surface area (Å²) in [5.41, 5.74) is 0.332. The van der Waals surface area contributed by atoms with Crippen LogP contribution in [0.3, 0.4) is 0 Å². The van der Waals surface area contributed by atoms with E-state index in [1.165, 1.54) is 0 Å². The van der Waals surface area contributed by atoms with Crippen LogP contribution < -0.4 is 4.72 Å². The van der Waals surface area contributed by atoms with E-state index in [4.69, 9.17) is 0 Å². The van der Waals surface area contributed by atoms with Crippen molar-refractivity contribution in [1.82, 2.24) is 4.72 Å². The lowest BCUT2D eigenvalue weighted by Gasteiger charge is -2.34. The summed E-state index contributed by atoms with van der Waals surface area (Å²) in [6.07, 6.45) is 3.91. The normalized spacial score (nSPS) is 20.0. The number of nitrogens with one attached hydrogen (secondary N) is 1. The van der Waals surface area contributed by atoms with Gasteiger partial charge in [-0.3, -0.25) is 0 Å². The van der Waals surface area contributed by atoms with Gasteiger partial charge >= 0.3 is 0 Å². The third-order valence-electron chi connectivity index (χ3n) is 3.84. The van der Waals surface area contributed by atoms with Crippen LogP contribution in [0.4, 0.5) is 0 Å². The number of rotatable bonds is 3. The molecule has 0 spiro atoms. The highest BCUT2D eigenvalue weighted by molar-refractivity contribution is 9.11. The van der Waals surface area contributed by atoms with E-state index < -0.39 is 10.0 Å². The lowest BCUT2D eigenvalue weighted by molar-refractivity contribution is 0.218. The fourth-order valence-electron chi connectivity index (χ4n) is 2.48. The maximum atomic E-state index is 12.5. The fraction of sp³-hybridized carbons (Fsp3) is 0.571. The Labute approximate surface area is 137 Å². The second kappa shape index (κ2) is 6.07. The van der Waals surface area contributed by atoms with Gasteiger partial charge in [0, 0.05) is 15.0 Å². The minimum Gasteiger partial charge on any atom is -0.208 e. The van der Waals surface area contributed by atoms with Crippen molar-refractivity contribution in [2.24, 2.45) is 5.41 Å². The highest BCUT2D eigenvalue weighted by Crippen LogP contribution is 2.36.